The van der Waals surface area contributed by atoms with Gasteiger partial charge in [-0.05, 0) is 30.2 Å². The van der Waals surface area contributed by atoms with Crippen molar-refractivity contribution in [3.63, 3.8) is 0 Å². The van der Waals surface area contributed by atoms with Crippen LogP contribution in [0.5, 0.6) is 0 Å². The quantitative estimate of drug-likeness (QED) is 0.775. The molecule has 1 aromatic heterocycles. The Morgan fingerprint density at radius 2 is 2.33 bits per heavy atom. The molecule has 0 aliphatic rings. The summed E-state index contributed by atoms with van der Waals surface area (Å²) in [5.74, 6) is 0.572. The van der Waals surface area contributed by atoms with Crippen molar-refractivity contribution in [3.05, 3.63) is 29.8 Å². The Labute approximate surface area is 87.2 Å². The van der Waals surface area contributed by atoms with E-state index >= 15 is 0 Å². The van der Waals surface area contributed by atoms with Gasteiger partial charge in [0.25, 0.3) is 0 Å². The number of nitrogens with one attached hydrogen (secondary N) is 1. The first kappa shape index (κ1) is 9.79. The van der Waals surface area contributed by atoms with Gasteiger partial charge in [-0.1, -0.05) is 18.2 Å². The zero-order chi connectivity index (χ0) is 10.7. The van der Waals surface area contributed by atoms with Crippen molar-refractivity contribution in [2.24, 2.45) is 0 Å². The maximum atomic E-state index is 9.28. The molecule has 78 valence electrons. The molecule has 0 spiro atoms. The average molecular weight is 204 g/mol. The maximum absolute atomic E-state index is 9.28. The normalized spacial score (nSPS) is 12.7. The molecule has 5 heteroatoms. The molecule has 0 saturated carbocycles. The van der Waals surface area contributed by atoms with Gasteiger partial charge in [0.2, 0.25) is 5.82 Å². The van der Waals surface area contributed by atoms with Gasteiger partial charge in [-0.2, -0.15) is 5.21 Å². The fourth-order valence-corrected chi connectivity index (χ4v) is 1.46. The van der Waals surface area contributed by atoms with Gasteiger partial charge in [-0.15, -0.1) is 10.2 Å². The molecule has 0 radical (unpaired) electrons. The summed E-state index contributed by atoms with van der Waals surface area (Å²) in [6, 6.07) is 7.76. The monoisotopic (exact) mass is 204 g/mol. The predicted molar refractivity (Wildman–Crippen MR) is 55.0 cm³/mol. The number of H-pyrrole nitrogens is 1. The van der Waals surface area contributed by atoms with Crippen molar-refractivity contribution >= 4 is 0 Å². The van der Waals surface area contributed by atoms with Crippen molar-refractivity contribution in [3.8, 4) is 11.4 Å². The largest absolute Gasteiger partial charge is 0.393 e. The number of hydrogen-bond acceptors (Lipinski definition) is 4. The molecule has 0 amide bonds. The Morgan fingerprint density at radius 1 is 1.47 bits per heavy atom. The van der Waals surface area contributed by atoms with E-state index in [1.807, 2.05) is 24.3 Å². The lowest BCUT2D eigenvalue weighted by molar-refractivity contribution is 0.195. The minimum atomic E-state index is -0.342. The smallest absolute Gasteiger partial charge is 0.204 e. The van der Waals surface area contributed by atoms with Crippen molar-refractivity contribution < 1.29 is 5.11 Å². The molecule has 1 aromatic carbocycles. The van der Waals surface area contributed by atoms with E-state index in [9.17, 15) is 5.11 Å². The summed E-state index contributed by atoms with van der Waals surface area (Å²) in [5, 5.41) is 23.0. The molecule has 2 N–H and O–H groups in total. The van der Waals surface area contributed by atoms with Crippen LogP contribution in [0.4, 0.5) is 0 Å². The summed E-state index contributed by atoms with van der Waals surface area (Å²) in [7, 11) is 0. The summed E-state index contributed by atoms with van der Waals surface area (Å²) in [6.07, 6.45) is 0.289. The minimum Gasteiger partial charge on any atom is -0.393 e. The van der Waals surface area contributed by atoms with Gasteiger partial charge in [-0.25, -0.2) is 0 Å². The molecule has 1 atom stereocenters. The number of aliphatic hydroxyl groups is 1. The molecule has 5 nitrogen and oxygen atoms in total. The van der Waals surface area contributed by atoms with Crippen LogP contribution in [-0.2, 0) is 6.42 Å². The van der Waals surface area contributed by atoms with Crippen LogP contribution >= 0.6 is 0 Å². The lowest BCUT2D eigenvalue weighted by Crippen LogP contribution is -2.03. The van der Waals surface area contributed by atoms with E-state index in [-0.39, 0.29) is 6.10 Å². The first-order valence-corrected chi connectivity index (χ1v) is 4.76. The summed E-state index contributed by atoms with van der Waals surface area (Å²) in [5.41, 5.74) is 1.97. The van der Waals surface area contributed by atoms with Gasteiger partial charge in [0, 0.05) is 5.56 Å². The van der Waals surface area contributed by atoms with Crippen LogP contribution in [0.25, 0.3) is 11.4 Å². The zero-order valence-corrected chi connectivity index (χ0v) is 8.38. The predicted octanol–water partition coefficient (Wildman–Crippen LogP) is 0.790. The first-order chi connectivity index (χ1) is 7.25. The van der Waals surface area contributed by atoms with Crippen LogP contribution < -0.4 is 0 Å². The van der Waals surface area contributed by atoms with E-state index in [4.69, 9.17) is 0 Å². The zero-order valence-electron chi connectivity index (χ0n) is 8.38. The average Bonchev–Trinajstić information content (AvgIpc) is 2.69. The van der Waals surface area contributed by atoms with Crippen LogP contribution in [-0.4, -0.2) is 31.8 Å². The van der Waals surface area contributed by atoms with Crippen LogP contribution in [0.3, 0.4) is 0 Å². The number of aromatic nitrogens is 4. The van der Waals surface area contributed by atoms with E-state index in [0.717, 1.165) is 11.1 Å². The second kappa shape index (κ2) is 4.18. The van der Waals surface area contributed by atoms with E-state index < -0.39 is 0 Å². The van der Waals surface area contributed by atoms with Gasteiger partial charge in [-0.3, -0.25) is 0 Å². The summed E-state index contributed by atoms with van der Waals surface area (Å²) in [6.45, 7) is 1.76. The maximum Gasteiger partial charge on any atom is 0.204 e. The molecule has 15 heavy (non-hydrogen) atoms. The number of rotatable bonds is 3. The van der Waals surface area contributed by atoms with Gasteiger partial charge < -0.3 is 5.11 Å². The standard InChI is InChI=1S/C10H12N4O/c1-7(15)5-8-3-2-4-9(6-8)10-11-13-14-12-10/h2-4,6-7,15H,5H2,1H3,(H,11,12,13,14)/t7-/m1/s1. The van der Waals surface area contributed by atoms with E-state index in [2.05, 4.69) is 20.6 Å². The number of benzene rings is 1. The van der Waals surface area contributed by atoms with Crippen LogP contribution in [0.15, 0.2) is 24.3 Å². The van der Waals surface area contributed by atoms with Crippen molar-refractivity contribution in [1.82, 2.24) is 20.6 Å². The molecule has 0 fully saturated rings. The molecule has 2 aromatic rings. The number of nitrogens with zero attached hydrogens (tertiary/aromatic N) is 3. The third-order valence-corrected chi connectivity index (χ3v) is 2.06. The topological polar surface area (TPSA) is 74.7 Å². The van der Waals surface area contributed by atoms with Crippen LogP contribution in [0.1, 0.15) is 12.5 Å². The Hall–Kier alpha value is -1.75. The third kappa shape index (κ3) is 2.38. The lowest BCUT2D eigenvalue weighted by atomic mass is 10.1. The van der Waals surface area contributed by atoms with E-state index in [1.54, 1.807) is 6.92 Å². The molecule has 2 rings (SSSR count). The van der Waals surface area contributed by atoms with Gasteiger partial charge in [0.15, 0.2) is 0 Å². The highest BCUT2D eigenvalue weighted by atomic mass is 16.3. The highest BCUT2D eigenvalue weighted by Crippen LogP contribution is 2.15. The fraction of sp³-hybridized carbons (Fsp3) is 0.300. The SMILES string of the molecule is C[C@@H](O)Cc1cccc(-c2nn[nH]n2)c1. The third-order valence-electron chi connectivity index (χ3n) is 2.06. The number of aromatic amines is 1. The van der Waals surface area contributed by atoms with Gasteiger partial charge >= 0.3 is 0 Å². The minimum absolute atomic E-state index is 0.342. The van der Waals surface area contributed by atoms with Crippen molar-refractivity contribution in [2.75, 3.05) is 0 Å². The highest BCUT2D eigenvalue weighted by molar-refractivity contribution is 5.54. The molecule has 1 heterocycles. The molecule has 0 unspecified atom stereocenters. The molecular formula is C10H12N4O. The number of tetrazole rings is 1. The molecular weight excluding hydrogens is 192 g/mol. The summed E-state index contributed by atoms with van der Waals surface area (Å²) < 4.78 is 0. The van der Waals surface area contributed by atoms with Crippen LogP contribution in [0, 0.1) is 0 Å². The lowest BCUT2D eigenvalue weighted by Gasteiger charge is -2.04. The fourth-order valence-electron chi connectivity index (χ4n) is 1.46. The van der Waals surface area contributed by atoms with Crippen molar-refractivity contribution in [1.29, 1.82) is 0 Å². The van der Waals surface area contributed by atoms with E-state index in [1.165, 1.54) is 0 Å². The summed E-state index contributed by atoms with van der Waals surface area (Å²) in [4.78, 5) is 0. The Kier molecular flexibility index (Phi) is 2.73. The van der Waals surface area contributed by atoms with Gasteiger partial charge in [0.05, 0.1) is 6.10 Å². The number of hydrogen-bond donors (Lipinski definition) is 2. The second-order valence-corrected chi connectivity index (χ2v) is 3.49. The van der Waals surface area contributed by atoms with Gasteiger partial charge in [0.1, 0.15) is 0 Å². The second-order valence-electron chi connectivity index (χ2n) is 3.49. The highest BCUT2D eigenvalue weighted by Gasteiger charge is 2.04. The van der Waals surface area contributed by atoms with E-state index in [0.29, 0.717) is 12.2 Å². The Balaban J connectivity index is 2.27. The van der Waals surface area contributed by atoms with Crippen molar-refractivity contribution in [2.45, 2.75) is 19.4 Å². The first-order valence-electron chi connectivity index (χ1n) is 4.76. The Bertz CT molecular complexity index is 425. The molecule has 0 aliphatic heterocycles. The molecule has 0 saturated heterocycles. The molecule has 0 aliphatic carbocycles. The number of aliphatic hydroxyl groups excluding tert-OH is 1. The molecule has 0 bridgehead atoms. The Morgan fingerprint density at radius 3 is 3.00 bits per heavy atom. The van der Waals surface area contributed by atoms with Crippen LogP contribution in [0.2, 0.25) is 0 Å². The summed E-state index contributed by atoms with van der Waals surface area (Å²) >= 11 is 0.